The molecule has 0 radical (unpaired) electrons. The Kier molecular flexibility index (Phi) is 2.50. The van der Waals surface area contributed by atoms with Crippen LogP contribution in [0, 0.1) is 0 Å². The van der Waals surface area contributed by atoms with Gasteiger partial charge in [-0.3, -0.25) is 0 Å². The lowest BCUT2D eigenvalue weighted by Crippen LogP contribution is -2.24. The Morgan fingerprint density at radius 1 is 1.64 bits per heavy atom. The van der Waals surface area contributed by atoms with Crippen molar-refractivity contribution in [3.8, 4) is 0 Å². The molecule has 0 fully saturated rings. The first-order chi connectivity index (χ1) is 6.81. The Bertz CT molecular complexity index is 401. The van der Waals surface area contributed by atoms with E-state index in [0.717, 1.165) is 17.4 Å². The van der Waals surface area contributed by atoms with Gasteiger partial charge < -0.3 is 4.90 Å². The smallest absolute Gasteiger partial charge is 0.123 e. The highest BCUT2D eigenvalue weighted by Gasteiger charge is 2.14. The van der Waals surface area contributed by atoms with E-state index in [4.69, 9.17) is 0 Å². The topological polar surface area (TPSA) is 15.6 Å². The third kappa shape index (κ3) is 1.63. The summed E-state index contributed by atoms with van der Waals surface area (Å²) in [5, 5.41) is 3.23. The van der Waals surface area contributed by atoms with Crippen molar-refractivity contribution in [2.45, 2.75) is 13.5 Å². The molecule has 1 aromatic heterocycles. The van der Waals surface area contributed by atoms with Crippen LogP contribution in [0.25, 0.3) is 0 Å². The zero-order chi connectivity index (χ0) is 9.97. The molecule has 2 nitrogen and oxygen atoms in total. The molecule has 2 rings (SSSR count). The van der Waals surface area contributed by atoms with Crippen LogP contribution in [0.15, 0.2) is 41.4 Å². The molecule has 0 saturated heterocycles. The summed E-state index contributed by atoms with van der Waals surface area (Å²) in [7, 11) is 0. The van der Waals surface area contributed by atoms with Gasteiger partial charge in [-0.05, 0) is 24.4 Å². The van der Waals surface area contributed by atoms with E-state index in [1.807, 2.05) is 19.2 Å². The quantitative estimate of drug-likeness (QED) is 0.675. The maximum Gasteiger partial charge on any atom is 0.123 e. The van der Waals surface area contributed by atoms with E-state index in [9.17, 15) is 0 Å². The van der Waals surface area contributed by atoms with Gasteiger partial charge in [-0.1, -0.05) is 12.7 Å². The van der Waals surface area contributed by atoms with Crippen LogP contribution >= 0.6 is 11.3 Å². The average Bonchev–Trinajstić information content (AvgIpc) is 2.61. The summed E-state index contributed by atoms with van der Waals surface area (Å²) in [6, 6.07) is 2.13. The summed E-state index contributed by atoms with van der Waals surface area (Å²) in [5.74, 6) is 1.04. The van der Waals surface area contributed by atoms with E-state index < -0.39 is 0 Å². The molecule has 2 heterocycles. The highest BCUT2D eigenvalue weighted by molar-refractivity contribution is 7.14. The maximum absolute atomic E-state index is 4.52. The van der Waals surface area contributed by atoms with Crippen molar-refractivity contribution in [2.24, 2.45) is 4.99 Å². The second kappa shape index (κ2) is 3.80. The van der Waals surface area contributed by atoms with Crippen molar-refractivity contribution >= 4 is 22.2 Å². The number of hydrogen-bond acceptors (Lipinski definition) is 3. The number of thiophene rings is 1. The van der Waals surface area contributed by atoms with E-state index in [1.165, 1.54) is 5.56 Å². The van der Waals surface area contributed by atoms with Gasteiger partial charge in [0.05, 0.1) is 6.54 Å². The number of fused-ring (bicyclic) bond motifs is 1. The minimum atomic E-state index is 0.915. The first-order valence-electron chi connectivity index (χ1n) is 4.49. The fraction of sp³-hybridized carbons (Fsp3) is 0.182. The SMILES string of the molecule is C=C/C=C\N1Cc2ccsc2N=C1C. The fourth-order valence-electron chi connectivity index (χ4n) is 1.38. The molecule has 1 aromatic rings. The maximum atomic E-state index is 4.52. The number of amidine groups is 1. The molecule has 0 unspecified atom stereocenters. The first-order valence-corrected chi connectivity index (χ1v) is 5.37. The van der Waals surface area contributed by atoms with Gasteiger partial charge in [-0.2, -0.15) is 0 Å². The van der Waals surface area contributed by atoms with Crippen LogP contribution in [0.2, 0.25) is 0 Å². The number of rotatable bonds is 2. The number of hydrogen-bond donors (Lipinski definition) is 0. The Labute approximate surface area is 87.9 Å². The Hall–Kier alpha value is -1.35. The van der Waals surface area contributed by atoms with Gasteiger partial charge in [-0.25, -0.2) is 4.99 Å². The predicted octanol–water partition coefficient (Wildman–Crippen LogP) is 3.31. The van der Waals surface area contributed by atoms with Gasteiger partial charge in [0.15, 0.2) is 0 Å². The monoisotopic (exact) mass is 204 g/mol. The van der Waals surface area contributed by atoms with Gasteiger partial charge in [0, 0.05) is 11.8 Å². The number of allylic oxidation sites excluding steroid dienone is 2. The van der Waals surface area contributed by atoms with Gasteiger partial charge in [0.2, 0.25) is 0 Å². The minimum Gasteiger partial charge on any atom is -0.332 e. The van der Waals surface area contributed by atoms with E-state index in [1.54, 1.807) is 17.4 Å². The lowest BCUT2D eigenvalue weighted by atomic mass is 10.2. The molecular weight excluding hydrogens is 192 g/mol. The number of aliphatic imine (C=N–C) groups is 1. The van der Waals surface area contributed by atoms with Crippen molar-refractivity contribution in [1.82, 2.24) is 4.90 Å². The van der Waals surface area contributed by atoms with E-state index >= 15 is 0 Å². The minimum absolute atomic E-state index is 0.915. The molecule has 0 saturated carbocycles. The van der Waals surface area contributed by atoms with Crippen LogP contribution in [0.4, 0.5) is 5.00 Å². The summed E-state index contributed by atoms with van der Waals surface area (Å²) in [4.78, 5) is 6.64. The highest BCUT2D eigenvalue weighted by atomic mass is 32.1. The van der Waals surface area contributed by atoms with Gasteiger partial charge in [0.1, 0.15) is 10.8 Å². The second-order valence-corrected chi connectivity index (χ2v) is 4.01. The van der Waals surface area contributed by atoms with Crippen LogP contribution < -0.4 is 0 Å². The summed E-state index contributed by atoms with van der Waals surface area (Å²) >= 11 is 1.70. The van der Waals surface area contributed by atoms with Crippen LogP contribution in [0.5, 0.6) is 0 Å². The normalized spacial score (nSPS) is 15.5. The summed E-state index contributed by atoms with van der Waals surface area (Å²) in [5.41, 5.74) is 1.30. The van der Waals surface area contributed by atoms with Crippen LogP contribution in [0.1, 0.15) is 12.5 Å². The molecule has 1 aliphatic heterocycles. The molecule has 0 bridgehead atoms. The van der Waals surface area contributed by atoms with Crippen LogP contribution in [0.3, 0.4) is 0 Å². The largest absolute Gasteiger partial charge is 0.332 e. The van der Waals surface area contributed by atoms with Crippen LogP contribution in [-0.4, -0.2) is 10.7 Å². The highest BCUT2D eigenvalue weighted by Crippen LogP contribution is 2.31. The van der Waals surface area contributed by atoms with E-state index in [-0.39, 0.29) is 0 Å². The Morgan fingerprint density at radius 2 is 2.50 bits per heavy atom. The van der Waals surface area contributed by atoms with Crippen molar-refractivity contribution in [2.75, 3.05) is 0 Å². The Balaban J connectivity index is 2.27. The van der Waals surface area contributed by atoms with Gasteiger partial charge in [0.25, 0.3) is 0 Å². The number of nitrogens with zero attached hydrogens (tertiary/aromatic N) is 2. The first kappa shape index (κ1) is 9.21. The van der Waals surface area contributed by atoms with Crippen molar-refractivity contribution in [1.29, 1.82) is 0 Å². The lowest BCUT2D eigenvalue weighted by molar-refractivity contribution is 0.542. The van der Waals surface area contributed by atoms with Crippen molar-refractivity contribution in [3.05, 3.63) is 41.9 Å². The molecule has 14 heavy (non-hydrogen) atoms. The molecule has 3 heteroatoms. The zero-order valence-electron chi connectivity index (χ0n) is 8.10. The van der Waals surface area contributed by atoms with Crippen molar-refractivity contribution < 1.29 is 0 Å². The molecular formula is C11H12N2S. The fourth-order valence-corrected chi connectivity index (χ4v) is 2.21. The third-order valence-electron chi connectivity index (χ3n) is 2.15. The second-order valence-electron chi connectivity index (χ2n) is 3.12. The van der Waals surface area contributed by atoms with Crippen LogP contribution in [-0.2, 0) is 6.54 Å². The molecule has 0 aromatic carbocycles. The molecule has 0 aliphatic carbocycles. The summed E-state index contributed by atoms with van der Waals surface area (Å²) < 4.78 is 0. The van der Waals surface area contributed by atoms with E-state index in [0.29, 0.717) is 0 Å². The molecule has 0 atom stereocenters. The molecule has 0 amide bonds. The third-order valence-corrected chi connectivity index (χ3v) is 2.99. The lowest BCUT2D eigenvalue weighted by Gasteiger charge is -2.23. The molecule has 72 valence electrons. The molecule has 1 aliphatic rings. The van der Waals surface area contributed by atoms with Gasteiger partial charge >= 0.3 is 0 Å². The van der Waals surface area contributed by atoms with Crippen molar-refractivity contribution in [3.63, 3.8) is 0 Å². The standard InChI is InChI=1S/C11H12N2S/c1-3-4-6-13-8-10-5-7-14-11(10)12-9(13)2/h3-7H,1,8H2,2H3/b6-4-. The summed E-state index contributed by atoms with van der Waals surface area (Å²) in [6.45, 7) is 6.59. The molecule has 0 N–H and O–H groups in total. The average molecular weight is 204 g/mol. The molecule has 0 spiro atoms. The predicted molar refractivity (Wildman–Crippen MR) is 62.0 cm³/mol. The zero-order valence-corrected chi connectivity index (χ0v) is 8.92. The summed E-state index contributed by atoms with van der Waals surface area (Å²) in [6.07, 6.45) is 5.71. The van der Waals surface area contributed by atoms with Gasteiger partial charge in [-0.15, -0.1) is 11.3 Å². The Morgan fingerprint density at radius 3 is 3.29 bits per heavy atom. The van der Waals surface area contributed by atoms with E-state index in [2.05, 4.69) is 27.9 Å².